The van der Waals surface area contributed by atoms with Crippen LogP contribution in [-0.2, 0) is 21.4 Å². The number of ether oxygens (including phenoxy) is 2. The highest BCUT2D eigenvalue weighted by atomic mass is 16.5. The van der Waals surface area contributed by atoms with E-state index in [4.69, 9.17) is 9.47 Å². The van der Waals surface area contributed by atoms with Crippen LogP contribution in [0.2, 0.25) is 0 Å². The number of likely N-dealkylation sites (tertiary alicyclic amines) is 1. The summed E-state index contributed by atoms with van der Waals surface area (Å²) in [6, 6.07) is 2.82. The number of aromatic hydroxyl groups is 1. The Bertz CT molecular complexity index is 877. The van der Waals surface area contributed by atoms with E-state index in [-0.39, 0.29) is 37.0 Å². The molecule has 8 nitrogen and oxygen atoms in total. The lowest BCUT2D eigenvalue weighted by molar-refractivity contribution is -0.204. The number of hydrogen-bond acceptors (Lipinski definition) is 7. The summed E-state index contributed by atoms with van der Waals surface area (Å²) in [5, 5.41) is 32.8. The minimum Gasteiger partial charge on any atom is -0.504 e. The van der Waals surface area contributed by atoms with Crippen molar-refractivity contribution in [3.63, 3.8) is 0 Å². The van der Waals surface area contributed by atoms with Gasteiger partial charge in [-0.3, -0.25) is 10.1 Å². The Morgan fingerprint density at radius 1 is 1.43 bits per heavy atom. The molecule has 8 heteroatoms. The van der Waals surface area contributed by atoms with Crippen LogP contribution in [0.5, 0.6) is 11.5 Å². The van der Waals surface area contributed by atoms with Crippen molar-refractivity contribution in [1.29, 1.82) is 0 Å². The normalized spacial score (nSPS) is 37.4. The third-order valence-electron chi connectivity index (χ3n) is 8.18. The fraction of sp³-hybridized carbons (Fsp3) is 0.682. The maximum atomic E-state index is 11.7. The number of rotatable bonds is 6. The first-order valence-electron chi connectivity index (χ1n) is 10.8. The number of aliphatic hydroxyl groups excluding tert-OH is 1. The summed E-state index contributed by atoms with van der Waals surface area (Å²) in [7, 11) is 3.91. The predicted octanol–water partition coefficient (Wildman–Crippen LogP) is 0.624. The summed E-state index contributed by atoms with van der Waals surface area (Å²) >= 11 is 0. The molecule has 2 heterocycles. The van der Waals surface area contributed by atoms with E-state index in [1.165, 1.54) is 5.56 Å². The lowest BCUT2D eigenvalue weighted by Crippen LogP contribution is -2.78. The second-order valence-electron chi connectivity index (χ2n) is 9.22. The Kier molecular flexibility index (Phi) is 4.56. The molecule has 4 N–H and O–H groups in total. The molecule has 1 aromatic carbocycles. The van der Waals surface area contributed by atoms with E-state index in [1.807, 2.05) is 6.07 Å². The van der Waals surface area contributed by atoms with Gasteiger partial charge in [-0.05, 0) is 57.3 Å². The molecule has 1 saturated heterocycles. The van der Waals surface area contributed by atoms with Gasteiger partial charge in [-0.25, -0.2) is 0 Å². The van der Waals surface area contributed by atoms with Crippen LogP contribution in [0.4, 0.5) is 0 Å². The largest absolute Gasteiger partial charge is 0.504 e. The van der Waals surface area contributed by atoms with Crippen molar-refractivity contribution in [3.05, 3.63) is 23.3 Å². The fourth-order valence-corrected chi connectivity index (χ4v) is 6.98. The molecule has 1 saturated carbocycles. The fourth-order valence-electron chi connectivity index (χ4n) is 6.98. The van der Waals surface area contributed by atoms with E-state index in [2.05, 4.69) is 17.3 Å². The summed E-state index contributed by atoms with van der Waals surface area (Å²) in [6.07, 6.45) is 2.92. The molecular formula is C22H30N2O6. The number of benzene rings is 1. The number of nitrogens with one attached hydrogen (secondary N) is 1. The molecular weight excluding hydrogens is 388 g/mol. The summed E-state index contributed by atoms with van der Waals surface area (Å²) in [5.41, 5.74) is 1.34. The Balaban J connectivity index is 1.65. The molecule has 30 heavy (non-hydrogen) atoms. The number of phenolic OH excluding ortho intramolecular Hbond substituents is 1. The highest BCUT2D eigenvalue weighted by molar-refractivity contribution is 5.73. The van der Waals surface area contributed by atoms with Crippen LogP contribution in [0.15, 0.2) is 12.1 Å². The summed E-state index contributed by atoms with van der Waals surface area (Å²) < 4.78 is 12.8. The number of phenols is 1. The molecule has 2 bridgehead atoms. The number of methoxy groups -OCH3 is 1. The van der Waals surface area contributed by atoms with Gasteiger partial charge in [0, 0.05) is 31.4 Å². The molecule has 2 fully saturated rings. The van der Waals surface area contributed by atoms with Crippen LogP contribution in [0.1, 0.15) is 36.8 Å². The van der Waals surface area contributed by atoms with Crippen molar-refractivity contribution in [2.45, 2.75) is 67.3 Å². The Morgan fingerprint density at radius 3 is 2.93 bits per heavy atom. The smallest absolute Gasteiger partial charge is 0.320 e. The van der Waals surface area contributed by atoms with Crippen LogP contribution in [-0.4, -0.2) is 83.3 Å². The van der Waals surface area contributed by atoms with Gasteiger partial charge in [-0.2, -0.15) is 0 Å². The van der Waals surface area contributed by atoms with Gasteiger partial charge in [0.05, 0.1) is 11.0 Å². The molecule has 1 spiro atoms. The molecule has 5 rings (SSSR count). The average molecular weight is 418 g/mol. The van der Waals surface area contributed by atoms with Gasteiger partial charge in [0.25, 0.3) is 0 Å². The van der Waals surface area contributed by atoms with Gasteiger partial charge in [0.2, 0.25) is 0 Å². The molecule has 2 aliphatic heterocycles. The summed E-state index contributed by atoms with van der Waals surface area (Å²) in [6.45, 7) is 0.684. The number of nitrogens with zero attached hydrogens (tertiary/aromatic N) is 1. The molecule has 0 amide bonds. The van der Waals surface area contributed by atoms with Crippen molar-refractivity contribution in [2.24, 2.45) is 0 Å². The Hall–Kier alpha value is -1.87. The van der Waals surface area contributed by atoms with E-state index >= 15 is 0 Å². The maximum Gasteiger partial charge on any atom is 0.320 e. The molecule has 1 aromatic rings. The van der Waals surface area contributed by atoms with Crippen molar-refractivity contribution in [2.75, 3.05) is 27.3 Å². The molecule has 0 aromatic heterocycles. The van der Waals surface area contributed by atoms with Gasteiger partial charge < -0.3 is 29.7 Å². The summed E-state index contributed by atoms with van der Waals surface area (Å²) in [5.74, 6) is -0.317. The van der Waals surface area contributed by atoms with Crippen LogP contribution in [0, 0.1) is 0 Å². The van der Waals surface area contributed by atoms with Crippen molar-refractivity contribution < 1.29 is 29.6 Å². The molecule has 4 aliphatic rings. The number of aliphatic hydroxyl groups is 1. The number of carbonyl (C=O) groups is 1. The predicted molar refractivity (Wildman–Crippen MR) is 108 cm³/mol. The topological polar surface area (TPSA) is 111 Å². The third-order valence-corrected chi connectivity index (χ3v) is 8.18. The number of likely N-dealkylation sites (N-methyl/N-ethyl adjacent to an activating group) is 1. The SMILES string of the molecule is CO[C@@]12CCC(NC(CCO)C(=O)O)C3Oc4c(O)ccc5c4[C@@]31CCN(C)[C@@H]2C5. The van der Waals surface area contributed by atoms with Crippen molar-refractivity contribution in [3.8, 4) is 11.5 Å². The zero-order chi connectivity index (χ0) is 21.3. The highest BCUT2D eigenvalue weighted by Gasteiger charge is 2.73. The second kappa shape index (κ2) is 6.82. The van der Waals surface area contributed by atoms with Crippen LogP contribution < -0.4 is 10.1 Å². The third kappa shape index (κ3) is 2.33. The number of carboxylic acids is 1. The molecule has 2 aliphatic carbocycles. The zero-order valence-corrected chi connectivity index (χ0v) is 17.4. The maximum absolute atomic E-state index is 11.7. The molecule has 6 atom stereocenters. The zero-order valence-electron chi connectivity index (χ0n) is 17.4. The van der Waals surface area contributed by atoms with E-state index in [1.54, 1.807) is 13.2 Å². The molecule has 164 valence electrons. The Morgan fingerprint density at radius 2 is 2.23 bits per heavy atom. The molecule has 0 radical (unpaired) electrons. The monoisotopic (exact) mass is 418 g/mol. The van der Waals surface area contributed by atoms with E-state index in [9.17, 15) is 20.1 Å². The number of piperidine rings is 1. The van der Waals surface area contributed by atoms with Gasteiger partial charge in [-0.1, -0.05) is 6.07 Å². The molecule has 3 unspecified atom stereocenters. The highest BCUT2D eigenvalue weighted by Crippen LogP contribution is 2.66. The van der Waals surface area contributed by atoms with Gasteiger partial charge in [0.1, 0.15) is 12.1 Å². The number of aliphatic carboxylic acids is 1. The van der Waals surface area contributed by atoms with E-state index < -0.39 is 23.0 Å². The number of carboxylic acid groups (broad SMARTS) is 1. The average Bonchev–Trinajstić information content (AvgIpc) is 3.08. The van der Waals surface area contributed by atoms with Gasteiger partial charge >= 0.3 is 5.97 Å². The minimum absolute atomic E-state index is 0.129. The minimum atomic E-state index is -0.978. The summed E-state index contributed by atoms with van der Waals surface area (Å²) in [4.78, 5) is 14.1. The number of hydrogen-bond donors (Lipinski definition) is 4. The lowest BCUT2D eigenvalue weighted by Gasteiger charge is -2.65. The Labute approximate surface area is 175 Å². The first-order chi connectivity index (χ1) is 14.4. The second-order valence-corrected chi connectivity index (χ2v) is 9.22. The van der Waals surface area contributed by atoms with Crippen LogP contribution in [0.25, 0.3) is 0 Å². The van der Waals surface area contributed by atoms with Crippen molar-refractivity contribution >= 4 is 5.97 Å². The van der Waals surface area contributed by atoms with E-state index in [0.717, 1.165) is 31.4 Å². The first-order valence-corrected chi connectivity index (χ1v) is 10.8. The van der Waals surface area contributed by atoms with Crippen molar-refractivity contribution in [1.82, 2.24) is 10.2 Å². The lowest BCUT2D eigenvalue weighted by atomic mass is 9.48. The van der Waals surface area contributed by atoms with Gasteiger partial charge in [-0.15, -0.1) is 0 Å². The first kappa shape index (κ1) is 20.1. The van der Waals surface area contributed by atoms with Gasteiger partial charge in [0.15, 0.2) is 11.5 Å². The quantitative estimate of drug-likeness (QED) is 0.532. The van der Waals surface area contributed by atoms with Crippen LogP contribution >= 0.6 is 0 Å². The standard InChI is InChI=1S/C22H30N2O6/c1-24-9-8-21-17-12-3-4-15(26)18(17)30-19(21)13(23-14(6-10-25)20(27)28)5-7-22(21,29-2)16(24)11-12/h3-4,13-14,16,19,23,25-26H,5-11H2,1-2H3,(H,27,28)/t13?,14?,16-,19?,21+,22-/m1/s1. The van der Waals surface area contributed by atoms with Crippen LogP contribution in [0.3, 0.4) is 0 Å². The van der Waals surface area contributed by atoms with E-state index in [0.29, 0.717) is 12.2 Å².